The lowest BCUT2D eigenvalue weighted by molar-refractivity contribution is -0.136. The van der Waals surface area contributed by atoms with Crippen LogP contribution in [0.2, 0.25) is 0 Å². The molecule has 0 aliphatic carbocycles. The molecule has 0 aromatic carbocycles. The van der Waals surface area contributed by atoms with E-state index in [-0.39, 0.29) is 17.0 Å². The van der Waals surface area contributed by atoms with Crippen molar-refractivity contribution >= 4 is 5.97 Å². The molecule has 0 aliphatic rings. The first-order valence-electron chi connectivity index (χ1n) is 4.50. The molecule has 0 aliphatic heterocycles. The van der Waals surface area contributed by atoms with E-state index in [1.165, 1.54) is 20.1 Å². The summed E-state index contributed by atoms with van der Waals surface area (Å²) in [6.07, 6.45) is -3.16. The molecule has 0 saturated carbocycles. The first-order valence-corrected chi connectivity index (χ1v) is 4.50. The molecule has 0 amide bonds. The number of rotatable bonds is 4. The quantitative estimate of drug-likeness (QED) is 0.860. The van der Waals surface area contributed by atoms with E-state index in [0.29, 0.717) is 0 Å². The molecule has 0 atom stereocenters. The molecule has 0 unspecified atom stereocenters. The summed E-state index contributed by atoms with van der Waals surface area (Å²) in [5.74, 6) is -0.931. The van der Waals surface area contributed by atoms with E-state index in [4.69, 9.17) is 9.84 Å². The number of carboxylic acids is 1. The van der Waals surface area contributed by atoms with Crippen molar-refractivity contribution in [1.29, 1.82) is 0 Å². The van der Waals surface area contributed by atoms with Crippen LogP contribution >= 0.6 is 0 Å². The first kappa shape index (κ1) is 12.4. The zero-order valence-electron chi connectivity index (χ0n) is 8.83. The Bertz CT molecular complexity index is 407. The molecule has 0 radical (unpaired) electrons. The molecule has 6 heteroatoms. The van der Waals surface area contributed by atoms with E-state index in [1.54, 1.807) is 0 Å². The highest BCUT2D eigenvalue weighted by Crippen LogP contribution is 2.26. The molecule has 0 spiro atoms. The van der Waals surface area contributed by atoms with E-state index < -0.39 is 24.5 Å². The molecular formula is C10H11F2NO3. The number of methoxy groups -OCH3 is 1. The number of aryl methyl sites for hydroxylation is 1. The predicted octanol–water partition coefficient (Wildman–Crippen LogP) is 1.96. The Kier molecular flexibility index (Phi) is 3.76. The minimum absolute atomic E-state index is 0.0101. The van der Waals surface area contributed by atoms with E-state index in [1.807, 2.05) is 0 Å². The standard InChI is InChI=1S/C10H11F2NO3/c1-5-3-7(16-2)6(4-8(14)15)13-9(5)10(11)12/h3,10H,4H2,1-2H3,(H,14,15). The Morgan fingerprint density at radius 1 is 1.62 bits per heavy atom. The molecule has 1 heterocycles. The van der Waals surface area contributed by atoms with Crippen LogP contribution in [0.4, 0.5) is 8.78 Å². The molecule has 88 valence electrons. The number of hydrogen-bond acceptors (Lipinski definition) is 3. The van der Waals surface area contributed by atoms with Crippen molar-refractivity contribution in [3.63, 3.8) is 0 Å². The van der Waals surface area contributed by atoms with Gasteiger partial charge in [-0.05, 0) is 18.6 Å². The van der Waals surface area contributed by atoms with Crippen molar-refractivity contribution in [2.24, 2.45) is 0 Å². The highest BCUT2D eigenvalue weighted by Gasteiger charge is 2.18. The van der Waals surface area contributed by atoms with Gasteiger partial charge in [-0.15, -0.1) is 0 Å². The second-order valence-electron chi connectivity index (χ2n) is 3.21. The van der Waals surface area contributed by atoms with Crippen LogP contribution in [0.3, 0.4) is 0 Å². The van der Waals surface area contributed by atoms with Crippen molar-refractivity contribution in [3.05, 3.63) is 23.0 Å². The lowest BCUT2D eigenvalue weighted by Crippen LogP contribution is -2.08. The monoisotopic (exact) mass is 231 g/mol. The van der Waals surface area contributed by atoms with E-state index in [0.717, 1.165) is 0 Å². The highest BCUT2D eigenvalue weighted by molar-refractivity contribution is 5.70. The fourth-order valence-corrected chi connectivity index (χ4v) is 1.31. The summed E-state index contributed by atoms with van der Waals surface area (Å²) in [6.45, 7) is 1.47. The number of nitrogens with zero attached hydrogens (tertiary/aromatic N) is 1. The van der Waals surface area contributed by atoms with Gasteiger partial charge in [-0.25, -0.2) is 13.8 Å². The Morgan fingerprint density at radius 3 is 2.69 bits per heavy atom. The van der Waals surface area contributed by atoms with Crippen molar-refractivity contribution in [3.8, 4) is 5.75 Å². The van der Waals surface area contributed by atoms with Gasteiger partial charge in [0.15, 0.2) is 0 Å². The molecule has 16 heavy (non-hydrogen) atoms. The van der Waals surface area contributed by atoms with Gasteiger partial charge in [0.2, 0.25) is 0 Å². The number of pyridine rings is 1. The van der Waals surface area contributed by atoms with Gasteiger partial charge in [0, 0.05) is 0 Å². The van der Waals surface area contributed by atoms with Gasteiger partial charge in [-0.2, -0.15) is 0 Å². The number of aliphatic carboxylic acids is 1. The highest BCUT2D eigenvalue weighted by atomic mass is 19.3. The van der Waals surface area contributed by atoms with Gasteiger partial charge in [-0.3, -0.25) is 4.79 Å². The van der Waals surface area contributed by atoms with Crippen LogP contribution in [0.5, 0.6) is 5.75 Å². The fourth-order valence-electron chi connectivity index (χ4n) is 1.31. The summed E-state index contributed by atoms with van der Waals surface area (Å²) in [5.41, 5.74) is -0.117. The van der Waals surface area contributed by atoms with Gasteiger partial charge in [0.05, 0.1) is 19.2 Å². The lowest BCUT2D eigenvalue weighted by Gasteiger charge is -2.10. The maximum Gasteiger partial charge on any atom is 0.309 e. The van der Waals surface area contributed by atoms with E-state index in [9.17, 15) is 13.6 Å². The Morgan fingerprint density at radius 2 is 2.25 bits per heavy atom. The van der Waals surface area contributed by atoms with Crippen LogP contribution in [-0.2, 0) is 11.2 Å². The van der Waals surface area contributed by atoms with Crippen LogP contribution < -0.4 is 4.74 Å². The van der Waals surface area contributed by atoms with Crippen molar-refractivity contribution < 1.29 is 23.4 Å². The zero-order valence-corrected chi connectivity index (χ0v) is 8.83. The van der Waals surface area contributed by atoms with Crippen molar-refractivity contribution in [2.45, 2.75) is 19.8 Å². The van der Waals surface area contributed by atoms with Gasteiger partial charge in [0.25, 0.3) is 6.43 Å². The van der Waals surface area contributed by atoms with Gasteiger partial charge >= 0.3 is 5.97 Å². The molecule has 0 bridgehead atoms. The summed E-state index contributed by atoms with van der Waals surface area (Å²) in [6, 6.07) is 1.37. The largest absolute Gasteiger partial charge is 0.495 e. The van der Waals surface area contributed by atoms with Gasteiger partial charge in [-0.1, -0.05) is 0 Å². The first-order chi connectivity index (χ1) is 7.45. The number of carboxylic acid groups (broad SMARTS) is 1. The molecule has 1 aromatic heterocycles. The zero-order chi connectivity index (χ0) is 12.3. The second kappa shape index (κ2) is 4.87. The van der Waals surface area contributed by atoms with Gasteiger partial charge < -0.3 is 9.84 Å². The minimum atomic E-state index is -2.72. The Hall–Kier alpha value is -1.72. The summed E-state index contributed by atoms with van der Waals surface area (Å²) in [5, 5.41) is 8.60. The summed E-state index contributed by atoms with van der Waals surface area (Å²) >= 11 is 0. The molecule has 0 fully saturated rings. The Balaban J connectivity index is 3.22. The van der Waals surface area contributed by atoms with Crippen LogP contribution in [0, 0.1) is 6.92 Å². The lowest BCUT2D eigenvalue weighted by atomic mass is 10.1. The maximum absolute atomic E-state index is 12.5. The summed E-state index contributed by atoms with van der Waals surface area (Å²) in [7, 11) is 1.34. The molecule has 4 nitrogen and oxygen atoms in total. The number of alkyl halides is 2. The normalized spacial score (nSPS) is 10.6. The average Bonchev–Trinajstić information content (AvgIpc) is 2.18. The molecule has 1 aromatic rings. The number of hydrogen-bond donors (Lipinski definition) is 1. The third-order valence-corrected chi connectivity index (χ3v) is 2.04. The second-order valence-corrected chi connectivity index (χ2v) is 3.21. The van der Waals surface area contributed by atoms with Gasteiger partial charge in [0.1, 0.15) is 11.4 Å². The smallest absolute Gasteiger partial charge is 0.309 e. The van der Waals surface area contributed by atoms with E-state index >= 15 is 0 Å². The average molecular weight is 231 g/mol. The van der Waals surface area contributed by atoms with Crippen molar-refractivity contribution in [2.75, 3.05) is 7.11 Å². The van der Waals surface area contributed by atoms with E-state index in [2.05, 4.69) is 4.98 Å². The maximum atomic E-state index is 12.5. The summed E-state index contributed by atoms with van der Waals surface area (Å²) in [4.78, 5) is 14.1. The molecule has 0 saturated heterocycles. The third-order valence-electron chi connectivity index (χ3n) is 2.04. The number of halogens is 2. The molecule has 1 rings (SSSR count). The Labute approximate surface area is 90.9 Å². The number of aromatic nitrogens is 1. The fraction of sp³-hybridized carbons (Fsp3) is 0.400. The minimum Gasteiger partial charge on any atom is -0.495 e. The molecular weight excluding hydrogens is 220 g/mol. The molecule has 1 N–H and O–H groups in total. The topological polar surface area (TPSA) is 59.4 Å². The van der Waals surface area contributed by atoms with Crippen LogP contribution in [-0.4, -0.2) is 23.2 Å². The third kappa shape index (κ3) is 2.65. The number of ether oxygens (including phenoxy) is 1. The number of carbonyl (C=O) groups is 1. The van der Waals surface area contributed by atoms with Crippen molar-refractivity contribution in [1.82, 2.24) is 4.98 Å². The predicted molar refractivity (Wildman–Crippen MR) is 51.8 cm³/mol. The van der Waals surface area contributed by atoms with Crippen LogP contribution in [0.25, 0.3) is 0 Å². The van der Waals surface area contributed by atoms with Crippen LogP contribution in [0.1, 0.15) is 23.4 Å². The van der Waals surface area contributed by atoms with Crippen LogP contribution in [0.15, 0.2) is 6.07 Å². The summed E-state index contributed by atoms with van der Waals surface area (Å²) < 4.78 is 30.0. The SMILES string of the molecule is COc1cc(C)c(C(F)F)nc1CC(=O)O.